The molecule has 76 valence electrons. The molecule has 0 N–H and O–H groups in total. The van der Waals surface area contributed by atoms with Crippen molar-refractivity contribution in [2.75, 3.05) is 13.2 Å². The van der Waals surface area contributed by atoms with Crippen molar-refractivity contribution >= 4 is 0 Å². The zero-order valence-corrected chi connectivity index (χ0v) is 9.23. The molecule has 2 aliphatic rings. The SMILES string of the molecule is CC1(C)CCC2CCC2(C)COC1. The molecule has 1 saturated heterocycles. The Labute approximate surface area is 81.9 Å². The van der Waals surface area contributed by atoms with Crippen LogP contribution in [-0.2, 0) is 4.74 Å². The lowest BCUT2D eigenvalue weighted by Gasteiger charge is -2.50. The van der Waals surface area contributed by atoms with Crippen LogP contribution in [0.25, 0.3) is 0 Å². The molecule has 1 saturated carbocycles. The van der Waals surface area contributed by atoms with Crippen LogP contribution in [0.1, 0.15) is 46.5 Å². The highest BCUT2D eigenvalue weighted by Gasteiger charge is 2.44. The van der Waals surface area contributed by atoms with Crippen LogP contribution in [0.3, 0.4) is 0 Å². The molecule has 2 rings (SSSR count). The van der Waals surface area contributed by atoms with E-state index in [1.54, 1.807) is 0 Å². The zero-order chi connectivity index (χ0) is 9.53. The van der Waals surface area contributed by atoms with Gasteiger partial charge in [-0.3, -0.25) is 0 Å². The number of hydrogen-bond acceptors (Lipinski definition) is 1. The summed E-state index contributed by atoms with van der Waals surface area (Å²) in [6, 6.07) is 0. The van der Waals surface area contributed by atoms with Crippen LogP contribution in [0.15, 0.2) is 0 Å². The maximum atomic E-state index is 5.83. The Balaban J connectivity index is 1.99. The largest absolute Gasteiger partial charge is 0.380 e. The molecule has 1 aliphatic carbocycles. The van der Waals surface area contributed by atoms with E-state index in [1.807, 2.05) is 0 Å². The van der Waals surface area contributed by atoms with Gasteiger partial charge in [0.2, 0.25) is 0 Å². The Kier molecular flexibility index (Phi) is 2.18. The molecule has 0 aromatic heterocycles. The molecule has 1 heterocycles. The molecule has 2 fully saturated rings. The van der Waals surface area contributed by atoms with E-state index in [2.05, 4.69) is 20.8 Å². The molecule has 13 heavy (non-hydrogen) atoms. The molecule has 0 spiro atoms. The lowest BCUT2D eigenvalue weighted by Crippen LogP contribution is -2.44. The van der Waals surface area contributed by atoms with Gasteiger partial charge in [-0.15, -0.1) is 0 Å². The predicted octanol–water partition coefficient (Wildman–Crippen LogP) is 3.24. The quantitative estimate of drug-likeness (QED) is 0.559. The van der Waals surface area contributed by atoms with Gasteiger partial charge in [-0.2, -0.15) is 0 Å². The van der Waals surface area contributed by atoms with Crippen molar-refractivity contribution in [2.24, 2.45) is 16.7 Å². The fourth-order valence-electron chi connectivity index (χ4n) is 2.72. The smallest absolute Gasteiger partial charge is 0.0522 e. The van der Waals surface area contributed by atoms with Gasteiger partial charge in [-0.1, -0.05) is 20.8 Å². The van der Waals surface area contributed by atoms with Gasteiger partial charge in [0, 0.05) is 0 Å². The second-order valence-electron chi connectivity index (χ2n) is 6.09. The van der Waals surface area contributed by atoms with Crippen LogP contribution >= 0.6 is 0 Å². The highest BCUT2D eigenvalue weighted by Crippen LogP contribution is 2.51. The van der Waals surface area contributed by atoms with Crippen molar-refractivity contribution in [3.8, 4) is 0 Å². The minimum absolute atomic E-state index is 0.414. The summed E-state index contributed by atoms with van der Waals surface area (Å²) >= 11 is 0. The predicted molar refractivity (Wildman–Crippen MR) is 54.7 cm³/mol. The third-order valence-corrected chi connectivity index (χ3v) is 4.14. The average Bonchev–Trinajstić information content (AvgIpc) is 2.00. The van der Waals surface area contributed by atoms with Crippen molar-refractivity contribution in [1.29, 1.82) is 0 Å². The summed E-state index contributed by atoms with van der Waals surface area (Å²) in [7, 11) is 0. The van der Waals surface area contributed by atoms with Crippen LogP contribution in [-0.4, -0.2) is 13.2 Å². The summed E-state index contributed by atoms with van der Waals surface area (Å²) < 4.78 is 5.83. The lowest BCUT2D eigenvalue weighted by molar-refractivity contribution is -0.0907. The third kappa shape index (κ3) is 1.76. The van der Waals surface area contributed by atoms with Gasteiger partial charge in [0.25, 0.3) is 0 Å². The van der Waals surface area contributed by atoms with Gasteiger partial charge in [0.1, 0.15) is 0 Å². The van der Waals surface area contributed by atoms with E-state index in [-0.39, 0.29) is 0 Å². The van der Waals surface area contributed by atoms with Gasteiger partial charge in [0.05, 0.1) is 13.2 Å². The molecular formula is C12H22O. The van der Waals surface area contributed by atoms with E-state index in [0.717, 1.165) is 19.1 Å². The molecule has 0 amide bonds. The Morgan fingerprint density at radius 3 is 2.31 bits per heavy atom. The minimum atomic E-state index is 0.414. The van der Waals surface area contributed by atoms with E-state index in [1.165, 1.54) is 25.7 Å². The first-order valence-corrected chi connectivity index (χ1v) is 5.60. The normalized spacial score (nSPS) is 44.1. The van der Waals surface area contributed by atoms with Gasteiger partial charge in [-0.25, -0.2) is 0 Å². The third-order valence-electron chi connectivity index (χ3n) is 4.14. The standard InChI is InChI=1S/C12H22O/c1-11(2)6-4-10-5-7-12(10,3)9-13-8-11/h10H,4-9H2,1-3H3. The number of rotatable bonds is 0. The zero-order valence-electron chi connectivity index (χ0n) is 9.23. The van der Waals surface area contributed by atoms with Crippen LogP contribution < -0.4 is 0 Å². The van der Waals surface area contributed by atoms with Gasteiger partial charge in [0.15, 0.2) is 0 Å². The van der Waals surface area contributed by atoms with Crippen molar-refractivity contribution in [2.45, 2.75) is 46.5 Å². The molecule has 0 bridgehead atoms. The number of fused-ring (bicyclic) bond motifs is 1. The second kappa shape index (κ2) is 2.98. The first-order valence-electron chi connectivity index (χ1n) is 5.60. The Bertz CT molecular complexity index is 197. The van der Waals surface area contributed by atoms with E-state index < -0.39 is 0 Å². The molecule has 1 aliphatic heterocycles. The van der Waals surface area contributed by atoms with Gasteiger partial charge >= 0.3 is 0 Å². The number of hydrogen-bond donors (Lipinski definition) is 0. The molecule has 1 heteroatoms. The highest BCUT2D eigenvalue weighted by atomic mass is 16.5. The summed E-state index contributed by atoms with van der Waals surface area (Å²) in [5.41, 5.74) is 0.952. The Morgan fingerprint density at radius 2 is 1.69 bits per heavy atom. The highest BCUT2D eigenvalue weighted by molar-refractivity contribution is 4.94. The van der Waals surface area contributed by atoms with Crippen molar-refractivity contribution in [3.05, 3.63) is 0 Å². The van der Waals surface area contributed by atoms with Gasteiger partial charge < -0.3 is 4.74 Å². The fraction of sp³-hybridized carbons (Fsp3) is 1.00. The molecule has 2 atom stereocenters. The van der Waals surface area contributed by atoms with E-state index in [0.29, 0.717) is 10.8 Å². The maximum Gasteiger partial charge on any atom is 0.0522 e. The summed E-state index contributed by atoms with van der Waals surface area (Å²) in [6.45, 7) is 9.01. The maximum absolute atomic E-state index is 5.83. The minimum Gasteiger partial charge on any atom is -0.380 e. The van der Waals surface area contributed by atoms with Crippen molar-refractivity contribution in [3.63, 3.8) is 0 Å². The first-order chi connectivity index (χ1) is 6.02. The summed E-state index contributed by atoms with van der Waals surface area (Å²) in [4.78, 5) is 0. The van der Waals surface area contributed by atoms with Crippen molar-refractivity contribution in [1.82, 2.24) is 0 Å². The Hall–Kier alpha value is -0.0400. The molecule has 2 unspecified atom stereocenters. The topological polar surface area (TPSA) is 9.23 Å². The van der Waals surface area contributed by atoms with E-state index in [4.69, 9.17) is 4.74 Å². The average molecular weight is 182 g/mol. The van der Waals surface area contributed by atoms with Crippen LogP contribution in [0.4, 0.5) is 0 Å². The molecular weight excluding hydrogens is 160 g/mol. The summed E-state index contributed by atoms with van der Waals surface area (Å²) in [5, 5.41) is 0. The number of ether oxygens (including phenoxy) is 1. The summed E-state index contributed by atoms with van der Waals surface area (Å²) in [5.74, 6) is 0.951. The van der Waals surface area contributed by atoms with Crippen LogP contribution in [0.5, 0.6) is 0 Å². The van der Waals surface area contributed by atoms with Gasteiger partial charge in [-0.05, 0) is 42.4 Å². The fourth-order valence-corrected chi connectivity index (χ4v) is 2.72. The molecule has 0 aromatic carbocycles. The van der Waals surface area contributed by atoms with Crippen molar-refractivity contribution < 1.29 is 4.74 Å². The molecule has 1 nitrogen and oxygen atoms in total. The monoisotopic (exact) mass is 182 g/mol. The second-order valence-corrected chi connectivity index (χ2v) is 6.09. The first kappa shape index (κ1) is 9.51. The molecule has 0 radical (unpaired) electrons. The van der Waals surface area contributed by atoms with Crippen LogP contribution in [0, 0.1) is 16.7 Å². The Morgan fingerprint density at radius 1 is 1.00 bits per heavy atom. The molecule has 0 aromatic rings. The van der Waals surface area contributed by atoms with E-state index in [9.17, 15) is 0 Å². The summed E-state index contributed by atoms with van der Waals surface area (Å²) in [6.07, 6.45) is 5.59. The van der Waals surface area contributed by atoms with Crippen LogP contribution in [0.2, 0.25) is 0 Å². The lowest BCUT2D eigenvalue weighted by atomic mass is 9.59. The van der Waals surface area contributed by atoms with E-state index >= 15 is 0 Å².